The van der Waals surface area contributed by atoms with Crippen molar-refractivity contribution in [1.29, 1.82) is 5.26 Å². The second kappa shape index (κ2) is 11.2. The fraction of sp³-hybridized carbons (Fsp3) is 0.727. The Kier molecular flexibility index (Phi) is 8.88. The molecule has 3 nitrogen and oxygen atoms in total. The van der Waals surface area contributed by atoms with Gasteiger partial charge in [0.15, 0.2) is 5.83 Å². The molecule has 0 aromatic rings. The minimum absolute atomic E-state index is 0.0140. The summed E-state index contributed by atoms with van der Waals surface area (Å²) in [4.78, 5) is 12.4. The maximum atomic E-state index is 12.7. The molecule has 0 spiro atoms. The van der Waals surface area contributed by atoms with Gasteiger partial charge in [-0.3, -0.25) is 4.79 Å². The van der Waals surface area contributed by atoms with Crippen LogP contribution in [0, 0.1) is 29.1 Å². The van der Waals surface area contributed by atoms with E-state index in [4.69, 9.17) is 10.00 Å². The summed E-state index contributed by atoms with van der Waals surface area (Å²) >= 11 is 0. The van der Waals surface area contributed by atoms with Crippen LogP contribution in [0.5, 0.6) is 0 Å². The minimum atomic E-state index is -0.775. The summed E-state index contributed by atoms with van der Waals surface area (Å²) in [5.41, 5.74) is 0. The highest BCUT2D eigenvalue weighted by Crippen LogP contribution is 2.33. The summed E-state index contributed by atoms with van der Waals surface area (Å²) in [5.74, 6) is 0.412. The molecule has 0 radical (unpaired) electrons. The van der Waals surface area contributed by atoms with E-state index in [1.54, 1.807) is 6.08 Å². The number of hydrogen-bond acceptors (Lipinski definition) is 3. The van der Waals surface area contributed by atoms with Crippen molar-refractivity contribution >= 4 is 5.97 Å². The van der Waals surface area contributed by atoms with Crippen molar-refractivity contribution in [1.82, 2.24) is 0 Å². The molecule has 2 aliphatic carbocycles. The van der Waals surface area contributed by atoms with Gasteiger partial charge in [-0.1, -0.05) is 38.3 Å². The molecule has 0 unspecified atom stereocenters. The van der Waals surface area contributed by atoms with Gasteiger partial charge >= 0.3 is 5.97 Å². The molecular weight excluding hydrogens is 329 g/mol. The van der Waals surface area contributed by atoms with E-state index < -0.39 is 5.83 Å². The molecule has 2 saturated carbocycles. The third kappa shape index (κ3) is 6.94. The standard InChI is InChI=1S/C22H32FNO2/c1-2-3-5-17-10-14-21(15-11-17)26-22(25)19-12-8-18(9-13-19)6-4-7-20(23)16-24/h4,6-7,17-19,21H,2-3,5,8-15H2,1H3/t17-,18-,19-,21-. The molecule has 4 heteroatoms. The highest BCUT2D eigenvalue weighted by atomic mass is 19.1. The summed E-state index contributed by atoms with van der Waals surface area (Å²) in [6.07, 6.45) is 16.7. The van der Waals surface area contributed by atoms with Gasteiger partial charge in [0.25, 0.3) is 0 Å². The lowest BCUT2D eigenvalue weighted by Crippen LogP contribution is -2.30. The van der Waals surface area contributed by atoms with Gasteiger partial charge in [0, 0.05) is 0 Å². The van der Waals surface area contributed by atoms with Gasteiger partial charge in [0.2, 0.25) is 0 Å². The predicted octanol–water partition coefficient (Wildman–Crippen LogP) is 6.02. The summed E-state index contributed by atoms with van der Waals surface area (Å²) in [6, 6.07) is 1.46. The van der Waals surface area contributed by atoms with Crippen LogP contribution in [0.15, 0.2) is 24.1 Å². The summed E-state index contributed by atoms with van der Waals surface area (Å²) in [7, 11) is 0. The van der Waals surface area contributed by atoms with Crippen LogP contribution >= 0.6 is 0 Å². The van der Waals surface area contributed by atoms with Crippen LogP contribution in [-0.4, -0.2) is 12.1 Å². The average Bonchev–Trinajstić information content (AvgIpc) is 2.67. The van der Waals surface area contributed by atoms with Crippen LogP contribution in [0.1, 0.15) is 77.6 Å². The molecule has 0 saturated heterocycles. The number of rotatable bonds is 7. The van der Waals surface area contributed by atoms with Crippen molar-refractivity contribution in [3.8, 4) is 6.07 Å². The maximum absolute atomic E-state index is 12.7. The van der Waals surface area contributed by atoms with Crippen LogP contribution in [0.3, 0.4) is 0 Å². The summed E-state index contributed by atoms with van der Waals surface area (Å²) in [5, 5.41) is 8.38. The van der Waals surface area contributed by atoms with Gasteiger partial charge in [-0.25, -0.2) is 0 Å². The Hall–Kier alpha value is -1.63. The van der Waals surface area contributed by atoms with Crippen molar-refractivity contribution in [3.63, 3.8) is 0 Å². The van der Waals surface area contributed by atoms with Gasteiger partial charge < -0.3 is 4.74 Å². The second-order valence-electron chi connectivity index (χ2n) is 7.84. The Morgan fingerprint density at radius 3 is 2.46 bits per heavy atom. The number of hydrogen-bond donors (Lipinski definition) is 0. The van der Waals surface area contributed by atoms with Gasteiger partial charge in [0.1, 0.15) is 12.2 Å². The highest BCUT2D eigenvalue weighted by Gasteiger charge is 2.30. The van der Waals surface area contributed by atoms with Crippen molar-refractivity contribution < 1.29 is 13.9 Å². The average molecular weight is 362 g/mol. The molecule has 0 aromatic carbocycles. The molecule has 0 aliphatic heterocycles. The molecule has 2 fully saturated rings. The first-order valence-electron chi connectivity index (χ1n) is 10.3. The van der Waals surface area contributed by atoms with Gasteiger partial charge in [-0.05, 0) is 69.3 Å². The quantitative estimate of drug-likeness (QED) is 0.316. The van der Waals surface area contributed by atoms with Crippen molar-refractivity contribution in [2.45, 2.75) is 83.7 Å². The van der Waals surface area contributed by atoms with E-state index in [-0.39, 0.29) is 18.0 Å². The Balaban J connectivity index is 1.67. The van der Waals surface area contributed by atoms with Crippen LogP contribution in [-0.2, 0) is 9.53 Å². The summed E-state index contributed by atoms with van der Waals surface area (Å²) < 4.78 is 18.5. The molecule has 0 amide bonds. The number of nitriles is 1. The molecule has 144 valence electrons. The number of allylic oxidation sites excluding steroid dienone is 4. The third-order valence-electron chi connectivity index (χ3n) is 5.88. The molecule has 0 atom stereocenters. The van der Waals surface area contributed by atoms with E-state index in [9.17, 15) is 9.18 Å². The molecule has 0 bridgehead atoms. The number of carbonyl (C=O) groups excluding carboxylic acids is 1. The number of nitrogens with zero attached hydrogens (tertiary/aromatic N) is 1. The Labute approximate surface area is 157 Å². The molecule has 2 aliphatic rings. The van der Waals surface area contributed by atoms with E-state index in [1.807, 2.05) is 6.08 Å². The predicted molar refractivity (Wildman–Crippen MR) is 101 cm³/mol. The van der Waals surface area contributed by atoms with Crippen LogP contribution in [0.2, 0.25) is 0 Å². The van der Waals surface area contributed by atoms with Crippen molar-refractivity contribution in [3.05, 3.63) is 24.1 Å². The van der Waals surface area contributed by atoms with Gasteiger partial charge in [-0.15, -0.1) is 0 Å². The highest BCUT2D eigenvalue weighted by molar-refractivity contribution is 5.72. The lowest BCUT2D eigenvalue weighted by Gasteiger charge is -2.31. The smallest absolute Gasteiger partial charge is 0.309 e. The van der Waals surface area contributed by atoms with Crippen molar-refractivity contribution in [2.75, 3.05) is 0 Å². The maximum Gasteiger partial charge on any atom is 0.309 e. The SMILES string of the molecule is CCCC[C@H]1CC[C@H](OC(=O)[C@H]2CC[C@H](C=CC=C(F)C#N)CC2)CC1. The Morgan fingerprint density at radius 1 is 1.15 bits per heavy atom. The van der Waals surface area contributed by atoms with Crippen molar-refractivity contribution in [2.24, 2.45) is 17.8 Å². The zero-order chi connectivity index (χ0) is 18.8. The van der Waals surface area contributed by atoms with Crippen LogP contribution in [0.25, 0.3) is 0 Å². The fourth-order valence-electron chi connectivity index (χ4n) is 4.17. The largest absolute Gasteiger partial charge is 0.462 e. The lowest BCUT2D eigenvalue weighted by atomic mass is 9.81. The molecular formula is C22H32FNO2. The number of ether oxygens (including phenoxy) is 1. The van der Waals surface area contributed by atoms with E-state index in [0.29, 0.717) is 5.92 Å². The first-order valence-corrected chi connectivity index (χ1v) is 10.3. The molecule has 0 aromatic heterocycles. The number of esters is 1. The molecule has 0 heterocycles. The first-order chi connectivity index (χ1) is 12.6. The van der Waals surface area contributed by atoms with Gasteiger partial charge in [0.05, 0.1) is 5.92 Å². The van der Waals surface area contributed by atoms with Crippen LogP contribution < -0.4 is 0 Å². The minimum Gasteiger partial charge on any atom is -0.462 e. The van der Waals surface area contributed by atoms with E-state index >= 15 is 0 Å². The Bertz CT molecular complexity index is 533. The van der Waals surface area contributed by atoms with E-state index in [2.05, 4.69) is 6.92 Å². The zero-order valence-corrected chi connectivity index (χ0v) is 16.0. The van der Waals surface area contributed by atoms with E-state index in [1.165, 1.54) is 44.2 Å². The fourth-order valence-corrected chi connectivity index (χ4v) is 4.17. The second-order valence-corrected chi connectivity index (χ2v) is 7.84. The van der Waals surface area contributed by atoms with Gasteiger partial charge in [-0.2, -0.15) is 9.65 Å². The third-order valence-corrected chi connectivity index (χ3v) is 5.88. The Morgan fingerprint density at radius 2 is 1.85 bits per heavy atom. The first kappa shape index (κ1) is 20.7. The number of unbranched alkanes of at least 4 members (excludes halogenated alkanes) is 1. The monoisotopic (exact) mass is 361 g/mol. The van der Waals surface area contributed by atoms with E-state index in [0.717, 1.165) is 44.4 Å². The topological polar surface area (TPSA) is 50.1 Å². The number of halogens is 1. The molecule has 0 N–H and O–H groups in total. The molecule has 26 heavy (non-hydrogen) atoms. The molecule has 2 rings (SSSR count). The normalized spacial score (nSPS) is 30.1. The summed E-state index contributed by atoms with van der Waals surface area (Å²) in [6.45, 7) is 2.24. The van der Waals surface area contributed by atoms with Crippen LogP contribution in [0.4, 0.5) is 4.39 Å². The zero-order valence-electron chi connectivity index (χ0n) is 16.0. The lowest BCUT2D eigenvalue weighted by molar-refractivity contribution is -0.157. The number of carbonyl (C=O) groups is 1.